The maximum Gasteiger partial charge on any atom is 0.329 e. The number of hydrogen-bond donors (Lipinski definition) is 2. The average molecular weight is 396 g/mol. The molecule has 0 unspecified atom stereocenters. The lowest BCUT2D eigenvalue weighted by molar-refractivity contribution is -0.158. The van der Waals surface area contributed by atoms with Crippen LogP contribution in [0.2, 0.25) is 0 Å². The summed E-state index contributed by atoms with van der Waals surface area (Å²) in [6, 6.07) is 13.0. The van der Waals surface area contributed by atoms with E-state index in [2.05, 4.69) is 15.5 Å². The van der Waals surface area contributed by atoms with E-state index in [0.717, 1.165) is 0 Å². The number of carbonyl (C=O) groups excluding carboxylic acids is 2. The molecule has 0 spiro atoms. The second-order valence-electron chi connectivity index (χ2n) is 8.07. The molecule has 154 valence electrons. The molecule has 0 saturated heterocycles. The molecule has 0 fully saturated rings. The first-order valence-corrected chi connectivity index (χ1v) is 9.46. The summed E-state index contributed by atoms with van der Waals surface area (Å²) < 4.78 is 5.42. The van der Waals surface area contributed by atoms with Crippen LogP contribution in [0.1, 0.15) is 45.0 Å². The van der Waals surface area contributed by atoms with Gasteiger partial charge in [-0.3, -0.25) is 4.79 Å². The number of rotatable bonds is 6. The number of nitrogens with two attached hydrogens (primary N) is 1. The monoisotopic (exact) mass is 396 g/mol. The zero-order valence-corrected chi connectivity index (χ0v) is 17.5. The van der Waals surface area contributed by atoms with E-state index in [4.69, 9.17) is 10.5 Å². The van der Waals surface area contributed by atoms with E-state index in [0.29, 0.717) is 22.6 Å². The molecule has 0 radical (unpaired) electrons. The number of ether oxygens (including phenoxy) is 1. The number of benzene rings is 2. The van der Waals surface area contributed by atoms with E-state index < -0.39 is 17.6 Å². The minimum atomic E-state index is -0.751. The zero-order chi connectivity index (χ0) is 21.6. The van der Waals surface area contributed by atoms with Crippen LogP contribution in [0, 0.1) is 5.92 Å². The zero-order valence-electron chi connectivity index (χ0n) is 17.5. The summed E-state index contributed by atoms with van der Waals surface area (Å²) in [4.78, 5) is 25.1. The van der Waals surface area contributed by atoms with Gasteiger partial charge in [0, 0.05) is 11.3 Å². The van der Waals surface area contributed by atoms with Gasteiger partial charge >= 0.3 is 5.97 Å². The van der Waals surface area contributed by atoms with Crippen LogP contribution in [0.3, 0.4) is 0 Å². The third-order valence-electron chi connectivity index (χ3n) is 3.87. The molecule has 0 bridgehead atoms. The smallest absolute Gasteiger partial charge is 0.329 e. The first kappa shape index (κ1) is 22.1. The lowest BCUT2D eigenvalue weighted by Gasteiger charge is -2.26. The van der Waals surface area contributed by atoms with Crippen LogP contribution in [0.4, 0.5) is 17.1 Å². The largest absolute Gasteiger partial charge is 0.458 e. The third kappa shape index (κ3) is 7.03. The van der Waals surface area contributed by atoms with Crippen molar-refractivity contribution in [2.75, 3.05) is 5.73 Å². The van der Waals surface area contributed by atoms with Gasteiger partial charge in [-0.1, -0.05) is 26.0 Å². The van der Waals surface area contributed by atoms with E-state index in [-0.39, 0.29) is 11.8 Å². The maximum atomic E-state index is 12.7. The molecule has 0 aromatic heterocycles. The van der Waals surface area contributed by atoms with Crippen molar-refractivity contribution in [1.82, 2.24) is 5.32 Å². The molecule has 2 aromatic rings. The van der Waals surface area contributed by atoms with Crippen molar-refractivity contribution in [3.63, 3.8) is 0 Å². The van der Waals surface area contributed by atoms with Crippen LogP contribution in [0.5, 0.6) is 0 Å². The molecule has 0 saturated carbocycles. The summed E-state index contributed by atoms with van der Waals surface area (Å²) in [5.74, 6) is -0.964. The summed E-state index contributed by atoms with van der Waals surface area (Å²) in [6.07, 6.45) is 0. The van der Waals surface area contributed by atoms with Gasteiger partial charge in [0.2, 0.25) is 0 Å². The molecule has 29 heavy (non-hydrogen) atoms. The predicted octanol–water partition coefficient (Wildman–Crippen LogP) is 4.78. The van der Waals surface area contributed by atoms with Gasteiger partial charge in [0.05, 0.1) is 11.4 Å². The van der Waals surface area contributed by atoms with Gasteiger partial charge in [-0.15, -0.1) is 0 Å². The van der Waals surface area contributed by atoms with Gasteiger partial charge in [0.1, 0.15) is 11.6 Å². The van der Waals surface area contributed by atoms with E-state index in [9.17, 15) is 9.59 Å². The molecule has 7 heteroatoms. The highest BCUT2D eigenvalue weighted by Crippen LogP contribution is 2.21. The average Bonchev–Trinajstić information content (AvgIpc) is 2.63. The standard InChI is InChI=1S/C22H28N4O3/c1-14(2)19(21(28)29-22(3,4)5)24-20(27)15-8-6-10-17(12-15)25-26-18-11-7-9-16(23)13-18/h6-14,19H,23H2,1-5H3,(H,24,27)/t19-/m0/s1. The van der Waals surface area contributed by atoms with Crippen LogP contribution in [-0.2, 0) is 9.53 Å². The fraction of sp³-hybridized carbons (Fsp3) is 0.364. The Bertz CT molecular complexity index is 901. The van der Waals surface area contributed by atoms with Crippen LogP contribution in [0.15, 0.2) is 58.8 Å². The Kier molecular flexibility index (Phi) is 7.09. The van der Waals surface area contributed by atoms with Gasteiger partial charge in [-0.05, 0) is 63.1 Å². The van der Waals surface area contributed by atoms with Crippen molar-refractivity contribution in [3.8, 4) is 0 Å². The highest BCUT2D eigenvalue weighted by Gasteiger charge is 2.29. The number of hydrogen-bond acceptors (Lipinski definition) is 6. The van der Waals surface area contributed by atoms with Crippen LogP contribution in [0.25, 0.3) is 0 Å². The van der Waals surface area contributed by atoms with Gasteiger partial charge < -0.3 is 15.8 Å². The number of amides is 1. The van der Waals surface area contributed by atoms with Gasteiger partial charge in [-0.25, -0.2) is 4.79 Å². The van der Waals surface area contributed by atoms with Crippen molar-refractivity contribution < 1.29 is 14.3 Å². The SMILES string of the molecule is CC(C)[C@H](NC(=O)c1cccc(N=Nc2cccc(N)c2)c1)C(=O)OC(C)(C)C. The van der Waals surface area contributed by atoms with E-state index in [1.54, 1.807) is 69.3 Å². The van der Waals surface area contributed by atoms with Crippen molar-refractivity contribution in [2.24, 2.45) is 16.1 Å². The number of carbonyl (C=O) groups is 2. The second kappa shape index (κ2) is 9.32. The fourth-order valence-electron chi connectivity index (χ4n) is 2.50. The maximum absolute atomic E-state index is 12.7. The number of nitrogens with zero attached hydrogens (tertiary/aromatic N) is 2. The quantitative estimate of drug-likeness (QED) is 0.416. The highest BCUT2D eigenvalue weighted by molar-refractivity contribution is 5.97. The molecule has 0 aliphatic carbocycles. The normalized spacial score (nSPS) is 12.8. The van der Waals surface area contributed by atoms with Crippen LogP contribution < -0.4 is 11.1 Å². The second-order valence-corrected chi connectivity index (χ2v) is 8.07. The summed E-state index contributed by atoms with van der Waals surface area (Å²) >= 11 is 0. The van der Waals surface area contributed by atoms with E-state index >= 15 is 0 Å². The Hall–Kier alpha value is -3.22. The van der Waals surface area contributed by atoms with Crippen molar-refractivity contribution in [2.45, 2.75) is 46.3 Å². The summed E-state index contributed by atoms with van der Waals surface area (Å²) in [7, 11) is 0. The molecule has 3 N–H and O–H groups in total. The Balaban J connectivity index is 2.14. The van der Waals surface area contributed by atoms with Crippen LogP contribution >= 0.6 is 0 Å². The van der Waals surface area contributed by atoms with Gasteiger partial charge in [0.15, 0.2) is 0 Å². The molecular weight excluding hydrogens is 368 g/mol. The first-order chi connectivity index (χ1) is 13.5. The van der Waals surface area contributed by atoms with Crippen molar-refractivity contribution in [3.05, 3.63) is 54.1 Å². The molecular formula is C22H28N4O3. The molecule has 2 rings (SSSR count). The van der Waals surface area contributed by atoms with Crippen molar-refractivity contribution >= 4 is 28.9 Å². The number of azo groups is 1. The first-order valence-electron chi connectivity index (χ1n) is 9.46. The molecule has 0 aliphatic heterocycles. The number of esters is 1. The van der Waals surface area contributed by atoms with E-state index in [1.807, 2.05) is 13.8 Å². The Morgan fingerprint density at radius 2 is 1.59 bits per heavy atom. The predicted molar refractivity (Wildman–Crippen MR) is 113 cm³/mol. The topological polar surface area (TPSA) is 106 Å². The minimum absolute atomic E-state index is 0.125. The Morgan fingerprint density at radius 3 is 2.14 bits per heavy atom. The van der Waals surface area contributed by atoms with Gasteiger partial charge in [-0.2, -0.15) is 10.2 Å². The van der Waals surface area contributed by atoms with Crippen LogP contribution in [-0.4, -0.2) is 23.5 Å². The molecule has 2 aromatic carbocycles. The van der Waals surface area contributed by atoms with E-state index in [1.165, 1.54) is 0 Å². The molecule has 1 atom stereocenters. The lowest BCUT2D eigenvalue weighted by atomic mass is 10.0. The Morgan fingerprint density at radius 1 is 1.00 bits per heavy atom. The summed E-state index contributed by atoms with van der Waals surface area (Å²) in [6.45, 7) is 9.08. The van der Waals surface area contributed by atoms with Crippen molar-refractivity contribution in [1.29, 1.82) is 0 Å². The lowest BCUT2D eigenvalue weighted by Crippen LogP contribution is -2.47. The molecule has 0 heterocycles. The summed E-state index contributed by atoms with van der Waals surface area (Å²) in [5, 5.41) is 11.1. The molecule has 0 aliphatic rings. The fourth-order valence-corrected chi connectivity index (χ4v) is 2.50. The number of anilines is 1. The highest BCUT2D eigenvalue weighted by atomic mass is 16.6. The minimum Gasteiger partial charge on any atom is -0.458 e. The number of nitrogen functional groups attached to an aromatic ring is 1. The Labute approximate surface area is 171 Å². The van der Waals surface area contributed by atoms with Gasteiger partial charge in [0.25, 0.3) is 5.91 Å². The third-order valence-corrected chi connectivity index (χ3v) is 3.87. The molecule has 1 amide bonds. The summed E-state index contributed by atoms with van der Waals surface area (Å²) in [5.41, 5.74) is 7.20. The molecule has 7 nitrogen and oxygen atoms in total. The number of nitrogens with one attached hydrogen (secondary N) is 1.